The van der Waals surface area contributed by atoms with E-state index >= 15 is 8.78 Å². The molecule has 0 radical (unpaired) electrons. The number of alkyl halides is 5. The van der Waals surface area contributed by atoms with Gasteiger partial charge in [0, 0.05) is 67.3 Å². The van der Waals surface area contributed by atoms with E-state index in [1.165, 1.54) is 0 Å². The first-order valence-corrected chi connectivity index (χ1v) is 25.3. The van der Waals surface area contributed by atoms with E-state index in [1.54, 1.807) is 57.4 Å². The zero-order chi connectivity index (χ0) is 58.0. The number of allylic oxidation sites excluding steroid dienone is 1. The molecular formula is C53H66F7N11O8. The Hall–Kier alpha value is -7.08. The van der Waals surface area contributed by atoms with Crippen molar-refractivity contribution >= 4 is 35.7 Å². The van der Waals surface area contributed by atoms with Gasteiger partial charge in [0.05, 0.1) is 68.9 Å². The highest BCUT2D eigenvalue weighted by Gasteiger charge is 2.56. The van der Waals surface area contributed by atoms with Crippen molar-refractivity contribution in [2.45, 2.75) is 115 Å². The quantitative estimate of drug-likeness (QED) is 0.0324. The van der Waals surface area contributed by atoms with Crippen LogP contribution in [0, 0.1) is 39.7 Å². The number of fused-ring (bicyclic) bond motifs is 2. The maximum absolute atomic E-state index is 16.0. The van der Waals surface area contributed by atoms with E-state index in [0.717, 1.165) is 82.8 Å². The molecule has 4 heterocycles. The van der Waals surface area contributed by atoms with Gasteiger partial charge >= 0.3 is 18.4 Å². The number of piperazine rings is 1. The summed E-state index contributed by atoms with van der Waals surface area (Å²) in [6, 6.07) is 3.80. The average Bonchev–Trinajstić information content (AvgIpc) is 3.95. The lowest BCUT2D eigenvalue weighted by Gasteiger charge is -2.47. The summed E-state index contributed by atoms with van der Waals surface area (Å²) in [4.78, 5) is 66.9. The zero-order valence-electron chi connectivity index (χ0n) is 44.7. The fourth-order valence-electron chi connectivity index (χ4n) is 9.30. The molecule has 3 aliphatic rings. The SMILES string of the molecule is COC(=O)N[C@H](C(=O)NN(Cc1c(F)cc(C(=N)/C=C\NCC(F)F)cc1F)C[C@H](O)[C@H](Cc1ccc(C#Cc2cnc(N3CC4CCC(C3)N4C3COC3)nc2)cc1)NC(=O)[C@@H](NC(=O)OC)C(C)(C)C(F)(F)F)C(C)(C)C. The van der Waals surface area contributed by atoms with Crippen molar-refractivity contribution in [3.63, 3.8) is 0 Å². The van der Waals surface area contributed by atoms with Gasteiger partial charge in [-0.1, -0.05) is 44.7 Å². The van der Waals surface area contributed by atoms with Gasteiger partial charge in [0.2, 0.25) is 11.9 Å². The number of hydrogen-bond donors (Lipinski definition) is 7. The van der Waals surface area contributed by atoms with E-state index in [9.17, 15) is 46.2 Å². The summed E-state index contributed by atoms with van der Waals surface area (Å²) in [5.41, 5.74) is -1.66. The molecule has 26 heteroatoms. The van der Waals surface area contributed by atoms with Crippen molar-refractivity contribution in [1.29, 1.82) is 5.41 Å². The Morgan fingerprint density at radius 3 is 1.95 bits per heavy atom. The molecular weight excluding hydrogens is 1050 g/mol. The predicted octanol–water partition coefficient (Wildman–Crippen LogP) is 4.95. The molecule has 2 unspecified atom stereocenters. The van der Waals surface area contributed by atoms with Gasteiger partial charge in [0.15, 0.2) is 0 Å². The monoisotopic (exact) mass is 1120 g/mol. The van der Waals surface area contributed by atoms with Crippen molar-refractivity contribution in [3.8, 4) is 11.8 Å². The summed E-state index contributed by atoms with van der Waals surface area (Å²) in [7, 11) is 1.92. The summed E-state index contributed by atoms with van der Waals surface area (Å²) in [6.45, 7) is 6.71. The molecule has 1 aromatic heterocycles. The van der Waals surface area contributed by atoms with Gasteiger partial charge in [-0.3, -0.25) is 19.9 Å². The second-order valence-corrected chi connectivity index (χ2v) is 21.1. The Balaban J connectivity index is 1.28. The number of anilines is 1. The number of aliphatic hydroxyl groups excluding tert-OH is 1. The smallest absolute Gasteiger partial charge is 0.407 e. The normalized spacial score (nSPS) is 18.4. The topological polar surface area (TPSA) is 236 Å². The number of amides is 4. The summed E-state index contributed by atoms with van der Waals surface area (Å²) < 4.78 is 116. The standard InChI is InChI=1S/C53H66F7N11O8/c1-51(2,3)44(66-49(75)77-6)47(74)68-70(26-37-38(54)19-33(20-39(37)55)40(61)16-17-62-23-43(56)57)27-42(72)41(65-46(73)45(67-50(76)78-7)52(4,5)53(58,59)60)18-31-11-8-30(9-12-31)10-13-32-21-63-48(64-22-32)69-24-34-14-15-35(25-69)71(34)36-28-79-29-36/h8-9,11-12,16-17,19-22,34-36,41-45,61-62,72H,14-15,18,23-29H2,1-7H3,(H,65,73)(H,66,75)(H,67,76)(H,68,74)/b17-16-,61-40?/t34?,35?,41-,42-,44+,45+/m0/s1. The van der Waals surface area contributed by atoms with Gasteiger partial charge in [0.1, 0.15) is 23.7 Å². The number of alkyl carbamates (subject to hydrolysis) is 2. The molecule has 3 saturated heterocycles. The Morgan fingerprint density at radius 2 is 1.43 bits per heavy atom. The van der Waals surface area contributed by atoms with Crippen LogP contribution in [0.1, 0.15) is 75.3 Å². The number of methoxy groups -OCH3 is 2. The lowest BCUT2D eigenvalue weighted by molar-refractivity contribution is -0.220. The number of benzene rings is 2. The number of halogens is 7. The molecule has 6 atom stereocenters. The van der Waals surface area contributed by atoms with Crippen molar-refractivity contribution < 1.29 is 69.2 Å². The van der Waals surface area contributed by atoms with E-state index in [1.807, 2.05) is 5.32 Å². The third-order valence-corrected chi connectivity index (χ3v) is 13.9. The third kappa shape index (κ3) is 16.0. The Morgan fingerprint density at radius 1 is 0.861 bits per heavy atom. The minimum Gasteiger partial charge on any atom is -0.453 e. The molecule has 79 heavy (non-hydrogen) atoms. The first kappa shape index (κ1) is 61.1. The van der Waals surface area contributed by atoms with E-state index in [4.69, 9.17) is 14.9 Å². The van der Waals surface area contributed by atoms with Crippen LogP contribution in [-0.4, -0.2) is 163 Å². The second-order valence-electron chi connectivity index (χ2n) is 21.1. The molecule has 0 spiro atoms. The van der Waals surface area contributed by atoms with Crippen LogP contribution < -0.4 is 31.6 Å². The molecule has 430 valence electrons. The van der Waals surface area contributed by atoms with Crippen LogP contribution in [0.15, 0.2) is 61.1 Å². The van der Waals surface area contributed by atoms with Crippen molar-refractivity contribution in [2.75, 3.05) is 58.5 Å². The molecule has 6 rings (SSSR count). The molecule has 3 aromatic rings. The molecule has 0 saturated carbocycles. The highest BCUT2D eigenvalue weighted by molar-refractivity contribution is 6.06. The maximum Gasteiger partial charge on any atom is 0.407 e. The molecule has 4 amide bonds. The Bertz CT molecular complexity index is 2690. The van der Waals surface area contributed by atoms with Crippen LogP contribution in [0.5, 0.6) is 0 Å². The third-order valence-electron chi connectivity index (χ3n) is 13.9. The lowest BCUT2D eigenvalue weighted by atomic mass is 9.82. The van der Waals surface area contributed by atoms with Crippen molar-refractivity contribution in [1.82, 2.24) is 46.6 Å². The fraction of sp³-hybridized carbons (Fsp3) is 0.528. The van der Waals surface area contributed by atoms with E-state index < -0.39 is 114 Å². The van der Waals surface area contributed by atoms with Crippen molar-refractivity contribution in [2.24, 2.45) is 10.8 Å². The number of hydrazine groups is 1. The second kappa shape index (κ2) is 26.3. The van der Waals surface area contributed by atoms with E-state index in [-0.39, 0.29) is 12.0 Å². The number of carbonyl (C=O) groups is 4. The van der Waals surface area contributed by atoms with Gasteiger partial charge < -0.3 is 50.9 Å². The van der Waals surface area contributed by atoms with Crippen LogP contribution in [0.2, 0.25) is 0 Å². The molecule has 7 N–H and O–H groups in total. The first-order valence-electron chi connectivity index (χ1n) is 25.3. The molecule has 3 aliphatic heterocycles. The first-order chi connectivity index (χ1) is 37.2. The maximum atomic E-state index is 16.0. The lowest BCUT2D eigenvalue weighted by Crippen LogP contribution is -2.63. The highest BCUT2D eigenvalue weighted by atomic mass is 19.4. The molecule has 2 bridgehead atoms. The number of nitrogens with zero attached hydrogens (tertiary/aromatic N) is 5. The highest BCUT2D eigenvalue weighted by Crippen LogP contribution is 2.41. The molecule has 19 nitrogen and oxygen atoms in total. The van der Waals surface area contributed by atoms with E-state index in [0.29, 0.717) is 54.6 Å². The number of rotatable bonds is 21. The number of carbonyl (C=O) groups excluding carboxylic acids is 4. The summed E-state index contributed by atoms with van der Waals surface area (Å²) in [6.07, 6.45) is -5.05. The van der Waals surface area contributed by atoms with Crippen LogP contribution in [0.4, 0.5) is 46.3 Å². The van der Waals surface area contributed by atoms with Gasteiger partial charge in [-0.05, 0) is 80.6 Å². The largest absolute Gasteiger partial charge is 0.453 e. The zero-order valence-corrected chi connectivity index (χ0v) is 44.7. The minimum atomic E-state index is -5.09. The number of hydrogen-bond acceptors (Lipinski definition) is 15. The number of aliphatic hydroxyl groups is 1. The number of ether oxygens (including phenoxy) is 3. The van der Waals surface area contributed by atoms with Gasteiger partial charge in [-0.15, -0.1) is 0 Å². The van der Waals surface area contributed by atoms with Crippen molar-refractivity contribution in [3.05, 3.63) is 101 Å². The predicted molar refractivity (Wildman–Crippen MR) is 274 cm³/mol. The fourth-order valence-corrected chi connectivity index (χ4v) is 9.30. The molecule has 2 aromatic carbocycles. The number of nitrogens with one attached hydrogen (secondary N) is 6. The molecule has 0 aliphatic carbocycles. The van der Waals surface area contributed by atoms with Crippen LogP contribution >= 0.6 is 0 Å². The summed E-state index contributed by atoms with van der Waals surface area (Å²) >= 11 is 0. The van der Waals surface area contributed by atoms with E-state index in [2.05, 4.69) is 57.7 Å². The summed E-state index contributed by atoms with van der Waals surface area (Å²) in [5.74, 6) is 1.73. The van der Waals surface area contributed by atoms with Gasteiger partial charge in [0.25, 0.3) is 12.3 Å². The van der Waals surface area contributed by atoms with Crippen LogP contribution in [0.25, 0.3) is 0 Å². The van der Waals surface area contributed by atoms with Gasteiger partial charge in [-0.2, -0.15) is 13.2 Å². The average molecular weight is 1120 g/mol. The Kier molecular flexibility index (Phi) is 20.3. The summed E-state index contributed by atoms with van der Waals surface area (Å²) in [5, 5.41) is 30.2. The minimum absolute atomic E-state index is 0.314. The Labute approximate surface area is 452 Å². The van der Waals surface area contributed by atoms with Crippen LogP contribution in [0.3, 0.4) is 0 Å². The van der Waals surface area contributed by atoms with Gasteiger partial charge in [-0.25, -0.2) is 42.1 Å². The van der Waals surface area contributed by atoms with Crippen LogP contribution in [-0.2, 0) is 36.8 Å². The molecule has 3 fully saturated rings. The number of aromatic nitrogens is 2.